The van der Waals surface area contributed by atoms with E-state index in [1.807, 2.05) is 0 Å². The summed E-state index contributed by atoms with van der Waals surface area (Å²) in [6, 6.07) is 2.55. The van der Waals surface area contributed by atoms with Crippen LogP contribution in [0.15, 0.2) is 18.2 Å². The van der Waals surface area contributed by atoms with Gasteiger partial charge in [-0.1, -0.05) is 0 Å². The number of rotatable bonds is 3. The summed E-state index contributed by atoms with van der Waals surface area (Å²) in [6.07, 6.45) is 0.0791. The minimum atomic E-state index is -0.629. The van der Waals surface area contributed by atoms with E-state index < -0.39 is 17.9 Å². The minimum Gasteiger partial charge on any atom is -0.508 e. The van der Waals surface area contributed by atoms with Crippen molar-refractivity contribution in [3.05, 3.63) is 29.6 Å². The zero-order chi connectivity index (χ0) is 14.2. The van der Waals surface area contributed by atoms with Crippen LogP contribution in [0.1, 0.15) is 24.9 Å². The van der Waals surface area contributed by atoms with Crippen LogP contribution >= 0.6 is 0 Å². The van der Waals surface area contributed by atoms with Crippen molar-refractivity contribution >= 4 is 11.8 Å². The first kappa shape index (κ1) is 13.5. The Balaban J connectivity index is 2.13. The highest BCUT2D eigenvalue weighted by atomic mass is 19.1. The topological polar surface area (TPSA) is 69.6 Å². The highest BCUT2D eigenvalue weighted by Crippen LogP contribution is 2.26. The molecule has 0 saturated carbocycles. The highest BCUT2D eigenvalue weighted by Gasteiger charge is 2.36. The fourth-order valence-corrected chi connectivity index (χ4v) is 2.15. The molecule has 1 aromatic rings. The molecule has 0 aromatic heterocycles. The van der Waals surface area contributed by atoms with Gasteiger partial charge in [-0.15, -0.1) is 0 Å². The van der Waals surface area contributed by atoms with E-state index in [1.54, 1.807) is 6.92 Å². The molecule has 1 aliphatic rings. The quantitative estimate of drug-likeness (QED) is 0.799. The Labute approximate surface area is 110 Å². The van der Waals surface area contributed by atoms with Gasteiger partial charge in [0.2, 0.25) is 11.8 Å². The van der Waals surface area contributed by atoms with Crippen molar-refractivity contribution in [2.24, 2.45) is 0 Å². The molecule has 2 rings (SSSR count). The van der Waals surface area contributed by atoms with Gasteiger partial charge in [-0.2, -0.15) is 0 Å². The molecule has 1 heterocycles. The van der Waals surface area contributed by atoms with E-state index in [-0.39, 0.29) is 24.0 Å². The predicted molar refractivity (Wildman–Crippen MR) is 65.8 cm³/mol. The number of phenolic OH excluding ortho intramolecular Hbond substituents is 1. The van der Waals surface area contributed by atoms with E-state index in [0.717, 1.165) is 11.0 Å². The molecule has 2 N–H and O–H groups in total. The maximum absolute atomic E-state index is 13.2. The average Bonchev–Trinajstić information content (AvgIpc) is 2.60. The van der Waals surface area contributed by atoms with Gasteiger partial charge in [-0.25, -0.2) is 4.39 Å². The van der Waals surface area contributed by atoms with Crippen LogP contribution in [0.3, 0.4) is 0 Å². The first-order valence-electron chi connectivity index (χ1n) is 5.95. The van der Waals surface area contributed by atoms with Crippen LogP contribution in [-0.2, 0) is 9.59 Å². The van der Waals surface area contributed by atoms with E-state index in [2.05, 4.69) is 5.32 Å². The summed E-state index contributed by atoms with van der Waals surface area (Å²) in [5.41, 5.74) is 0.356. The van der Waals surface area contributed by atoms with Crippen LogP contribution < -0.4 is 5.32 Å². The lowest BCUT2D eigenvalue weighted by Gasteiger charge is -2.19. The van der Waals surface area contributed by atoms with Gasteiger partial charge in [0.25, 0.3) is 0 Å². The van der Waals surface area contributed by atoms with Crippen LogP contribution in [-0.4, -0.2) is 34.9 Å². The lowest BCUT2D eigenvalue weighted by molar-refractivity contribution is -0.137. The largest absolute Gasteiger partial charge is 0.508 e. The molecule has 102 valence electrons. The molecule has 2 unspecified atom stereocenters. The summed E-state index contributed by atoms with van der Waals surface area (Å²) in [5.74, 6) is -1.08. The van der Waals surface area contributed by atoms with Crippen LogP contribution in [0.5, 0.6) is 5.75 Å². The van der Waals surface area contributed by atoms with Crippen LogP contribution in [0.25, 0.3) is 0 Å². The Hall–Kier alpha value is -1.95. The summed E-state index contributed by atoms with van der Waals surface area (Å²) < 4.78 is 13.2. The van der Waals surface area contributed by atoms with Crippen LogP contribution in [0.2, 0.25) is 0 Å². The fourth-order valence-electron chi connectivity index (χ4n) is 2.15. The van der Waals surface area contributed by atoms with Gasteiger partial charge < -0.3 is 5.11 Å². The lowest BCUT2D eigenvalue weighted by Crippen LogP contribution is -2.38. The second-order valence-corrected chi connectivity index (χ2v) is 4.64. The Bertz CT molecular complexity index is 533. The number of aromatic hydroxyl groups is 1. The number of hydrogen-bond acceptors (Lipinski definition) is 4. The summed E-state index contributed by atoms with van der Waals surface area (Å²) in [7, 11) is 1.43. The number of carbonyl (C=O) groups excluding carboxylic acids is 2. The average molecular weight is 266 g/mol. The third-order valence-electron chi connectivity index (χ3n) is 3.29. The smallest absolute Gasteiger partial charge is 0.246 e. The Kier molecular flexibility index (Phi) is 3.53. The van der Waals surface area contributed by atoms with Gasteiger partial charge in [0.05, 0.1) is 12.5 Å². The second kappa shape index (κ2) is 4.97. The summed E-state index contributed by atoms with van der Waals surface area (Å²) in [4.78, 5) is 24.2. The van der Waals surface area contributed by atoms with Crippen molar-refractivity contribution in [2.45, 2.75) is 25.4 Å². The zero-order valence-electron chi connectivity index (χ0n) is 10.7. The minimum absolute atomic E-state index is 0.0495. The number of nitrogens with zero attached hydrogens (tertiary/aromatic N) is 1. The van der Waals surface area contributed by atoms with Gasteiger partial charge >= 0.3 is 0 Å². The molecule has 19 heavy (non-hydrogen) atoms. The molecule has 6 heteroatoms. The molecule has 2 amide bonds. The summed E-state index contributed by atoms with van der Waals surface area (Å²) >= 11 is 0. The first-order chi connectivity index (χ1) is 8.90. The zero-order valence-corrected chi connectivity index (χ0v) is 10.7. The number of halogens is 1. The fraction of sp³-hybridized carbons (Fsp3) is 0.385. The van der Waals surface area contributed by atoms with Gasteiger partial charge in [-0.05, 0) is 25.1 Å². The molecule has 1 aromatic carbocycles. The SMILES string of the molecule is CC(NC1CC(=O)N(C)C1=O)c1cc(F)ccc1O. The molecule has 1 fully saturated rings. The second-order valence-electron chi connectivity index (χ2n) is 4.64. The lowest BCUT2D eigenvalue weighted by atomic mass is 10.1. The number of likely N-dealkylation sites (tertiary alicyclic amines) is 1. The number of amides is 2. The van der Waals surface area contributed by atoms with Crippen molar-refractivity contribution in [1.82, 2.24) is 10.2 Å². The molecular formula is C13H15FN2O3. The third-order valence-corrected chi connectivity index (χ3v) is 3.29. The maximum atomic E-state index is 13.2. The predicted octanol–water partition coefficient (Wildman–Crippen LogP) is 0.939. The van der Waals surface area contributed by atoms with Gasteiger partial charge in [0.15, 0.2) is 0 Å². The number of phenols is 1. The Morgan fingerprint density at radius 2 is 2.16 bits per heavy atom. The molecule has 0 bridgehead atoms. The van der Waals surface area contributed by atoms with Gasteiger partial charge in [0.1, 0.15) is 11.6 Å². The molecule has 0 aliphatic carbocycles. The molecule has 2 atom stereocenters. The number of likely N-dealkylation sites (N-methyl/N-ethyl adjacent to an activating group) is 1. The van der Waals surface area contributed by atoms with Crippen molar-refractivity contribution in [2.75, 3.05) is 7.05 Å². The summed E-state index contributed by atoms with van der Waals surface area (Å²) in [6.45, 7) is 1.70. The van der Waals surface area contributed by atoms with Gasteiger partial charge in [0, 0.05) is 18.7 Å². The third kappa shape index (κ3) is 2.58. The van der Waals surface area contributed by atoms with Crippen molar-refractivity contribution in [3.8, 4) is 5.75 Å². The number of carbonyl (C=O) groups is 2. The molecule has 5 nitrogen and oxygen atoms in total. The van der Waals surface area contributed by atoms with E-state index in [9.17, 15) is 19.1 Å². The van der Waals surface area contributed by atoms with Crippen molar-refractivity contribution < 1.29 is 19.1 Å². The van der Waals surface area contributed by atoms with E-state index in [0.29, 0.717) is 5.56 Å². The van der Waals surface area contributed by atoms with E-state index >= 15 is 0 Å². The first-order valence-corrected chi connectivity index (χ1v) is 5.95. The summed E-state index contributed by atoms with van der Waals surface area (Å²) in [5, 5.41) is 12.6. The monoisotopic (exact) mass is 266 g/mol. The molecule has 1 aliphatic heterocycles. The highest BCUT2D eigenvalue weighted by molar-refractivity contribution is 6.05. The number of imide groups is 1. The molecule has 0 radical (unpaired) electrons. The number of hydrogen-bond donors (Lipinski definition) is 2. The van der Waals surface area contributed by atoms with Crippen molar-refractivity contribution in [1.29, 1.82) is 0 Å². The molecule has 1 saturated heterocycles. The molecule has 0 spiro atoms. The maximum Gasteiger partial charge on any atom is 0.246 e. The number of nitrogens with one attached hydrogen (secondary N) is 1. The van der Waals surface area contributed by atoms with Crippen LogP contribution in [0.4, 0.5) is 4.39 Å². The standard InChI is InChI=1S/C13H15FN2O3/c1-7(9-5-8(14)3-4-11(9)17)15-10-6-12(18)16(2)13(10)19/h3-5,7,10,15,17H,6H2,1-2H3. The Morgan fingerprint density at radius 1 is 1.47 bits per heavy atom. The van der Waals surface area contributed by atoms with Crippen LogP contribution in [0, 0.1) is 5.82 Å². The Morgan fingerprint density at radius 3 is 2.74 bits per heavy atom. The number of benzene rings is 1. The van der Waals surface area contributed by atoms with E-state index in [1.165, 1.54) is 19.2 Å². The normalized spacial score (nSPS) is 21.0. The molecular weight excluding hydrogens is 251 g/mol. The van der Waals surface area contributed by atoms with Crippen molar-refractivity contribution in [3.63, 3.8) is 0 Å². The van der Waals surface area contributed by atoms with Gasteiger partial charge in [-0.3, -0.25) is 19.8 Å². The van der Waals surface area contributed by atoms with E-state index in [4.69, 9.17) is 0 Å².